The summed E-state index contributed by atoms with van der Waals surface area (Å²) in [5.41, 5.74) is 6.22. The minimum Gasteiger partial charge on any atom is -0.256 e. The zero-order valence-corrected chi connectivity index (χ0v) is 17.5. The highest BCUT2D eigenvalue weighted by atomic mass is 14.9. The van der Waals surface area contributed by atoms with Gasteiger partial charge in [0.1, 0.15) is 0 Å². The number of nitrogens with zero attached hydrogens (tertiary/aromatic N) is 3. The Kier molecular flexibility index (Phi) is 3.68. The van der Waals surface area contributed by atoms with Gasteiger partial charge in [0.25, 0.3) is 0 Å². The summed E-state index contributed by atoms with van der Waals surface area (Å²) < 4.78 is 0. The average molecular weight is 392 g/mol. The predicted octanol–water partition coefficient (Wildman–Crippen LogP) is 6.46. The molecule has 0 radical (unpaired) electrons. The van der Waals surface area contributed by atoms with Crippen molar-refractivity contribution in [3.8, 4) is 22.6 Å². The lowest BCUT2D eigenvalue weighted by atomic mass is 9.69. The minimum absolute atomic E-state index is 0.192. The van der Waals surface area contributed by atoms with E-state index >= 15 is 0 Å². The third-order valence-corrected chi connectivity index (χ3v) is 7.30. The van der Waals surface area contributed by atoms with E-state index in [-0.39, 0.29) is 10.8 Å². The lowest BCUT2D eigenvalue weighted by Crippen LogP contribution is -2.29. The highest BCUT2D eigenvalue weighted by molar-refractivity contribution is 5.85. The van der Waals surface area contributed by atoms with Crippen molar-refractivity contribution in [2.75, 3.05) is 0 Å². The topological polar surface area (TPSA) is 38.7 Å². The van der Waals surface area contributed by atoms with Crippen LogP contribution in [0.3, 0.4) is 0 Å². The zero-order valence-electron chi connectivity index (χ0n) is 17.5. The smallest absolute Gasteiger partial charge is 0.159 e. The Hall–Kier alpha value is -3.07. The molecule has 1 saturated carbocycles. The molecule has 2 heterocycles. The quantitative estimate of drug-likeness (QED) is 0.393. The van der Waals surface area contributed by atoms with Crippen molar-refractivity contribution >= 4 is 10.8 Å². The first-order valence-corrected chi connectivity index (χ1v) is 10.9. The van der Waals surface area contributed by atoms with Gasteiger partial charge >= 0.3 is 0 Å². The molecule has 2 aliphatic rings. The van der Waals surface area contributed by atoms with Crippen LogP contribution in [-0.2, 0) is 10.8 Å². The van der Waals surface area contributed by atoms with Crippen LogP contribution in [0.1, 0.15) is 50.8 Å². The van der Waals surface area contributed by atoms with E-state index < -0.39 is 0 Å². The maximum absolute atomic E-state index is 5.14. The highest BCUT2D eigenvalue weighted by Gasteiger charge is 2.51. The van der Waals surface area contributed by atoms with Crippen molar-refractivity contribution in [2.45, 2.75) is 50.4 Å². The molecule has 2 bridgehead atoms. The second-order valence-electron chi connectivity index (χ2n) is 9.61. The minimum atomic E-state index is 0.192. The molecule has 0 aliphatic heterocycles. The Morgan fingerprint density at radius 1 is 0.767 bits per heavy atom. The lowest BCUT2D eigenvalue weighted by Gasteiger charge is -2.34. The summed E-state index contributed by atoms with van der Waals surface area (Å²) in [5.74, 6) is 0.828. The molecule has 0 amide bonds. The van der Waals surface area contributed by atoms with Crippen molar-refractivity contribution in [1.29, 1.82) is 0 Å². The molecule has 30 heavy (non-hydrogen) atoms. The molecule has 0 saturated heterocycles. The number of rotatable bonds is 2. The Morgan fingerprint density at radius 3 is 2.47 bits per heavy atom. The molecule has 3 heteroatoms. The highest BCUT2D eigenvalue weighted by Crippen LogP contribution is 2.56. The van der Waals surface area contributed by atoms with E-state index in [1.165, 1.54) is 42.3 Å². The molecule has 148 valence electrons. The summed E-state index contributed by atoms with van der Waals surface area (Å²) >= 11 is 0. The van der Waals surface area contributed by atoms with Crippen molar-refractivity contribution in [3.05, 3.63) is 78.2 Å². The number of hydrogen-bond donors (Lipinski definition) is 0. The van der Waals surface area contributed by atoms with E-state index in [1.807, 2.05) is 12.3 Å². The molecular weight excluding hydrogens is 366 g/mol. The van der Waals surface area contributed by atoms with E-state index in [4.69, 9.17) is 15.0 Å². The van der Waals surface area contributed by atoms with Crippen LogP contribution in [0.5, 0.6) is 0 Å². The number of hydrogen-bond acceptors (Lipinski definition) is 3. The SMILES string of the molecule is CC12CCCC(C)(C1)c1nc(-c3cccc(-c4cc5ccccc5cn4)c3)ncc12. The number of benzene rings is 2. The first-order valence-electron chi connectivity index (χ1n) is 10.9. The fourth-order valence-electron chi connectivity index (χ4n) is 5.82. The molecule has 2 aliphatic carbocycles. The van der Waals surface area contributed by atoms with Gasteiger partial charge < -0.3 is 0 Å². The summed E-state index contributed by atoms with van der Waals surface area (Å²) in [6.45, 7) is 4.79. The van der Waals surface area contributed by atoms with Crippen molar-refractivity contribution < 1.29 is 0 Å². The second kappa shape index (κ2) is 6.21. The molecule has 0 spiro atoms. The Morgan fingerprint density at radius 2 is 1.57 bits per heavy atom. The van der Waals surface area contributed by atoms with Gasteiger partial charge in [-0.15, -0.1) is 0 Å². The normalized spacial score (nSPS) is 24.7. The maximum atomic E-state index is 5.14. The van der Waals surface area contributed by atoms with Crippen LogP contribution in [-0.4, -0.2) is 15.0 Å². The van der Waals surface area contributed by atoms with Crippen molar-refractivity contribution in [3.63, 3.8) is 0 Å². The van der Waals surface area contributed by atoms with E-state index in [0.717, 1.165) is 28.0 Å². The van der Waals surface area contributed by atoms with Gasteiger partial charge in [0.05, 0.1) is 11.4 Å². The third-order valence-electron chi connectivity index (χ3n) is 7.30. The van der Waals surface area contributed by atoms with Crippen LogP contribution < -0.4 is 0 Å². The van der Waals surface area contributed by atoms with Gasteiger partial charge in [0, 0.05) is 34.3 Å². The molecular formula is C27H25N3. The first-order chi connectivity index (χ1) is 14.5. The summed E-state index contributed by atoms with van der Waals surface area (Å²) in [4.78, 5) is 14.6. The third kappa shape index (κ3) is 2.61. The van der Waals surface area contributed by atoms with Crippen molar-refractivity contribution in [2.24, 2.45) is 0 Å². The van der Waals surface area contributed by atoms with Gasteiger partial charge in [-0.3, -0.25) is 4.98 Å². The summed E-state index contributed by atoms with van der Waals surface area (Å²) in [5, 5.41) is 2.36. The van der Waals surface area contributed by atoms with Crippen LogP contribution >= 0.6 is 0 Å². The van der Waals surface area contributed by atoms with Crippen LogP contribution in [0.4, 0.5) is 0 Å². The maximum Gasteiger partial charge on any atom is 0.159 e. The van der Waals surface area contributed by atoms with Gasteiger partial charge in [0.2, 0.25) is 0 Å². The number of pyridine rings is 1. The van der Waals surface area contributed by atoms with Gasteiger partial charge in [-0.25, -0.2) is 9.97 Å². The van der Waals surface area contributed by atoms with E-state index in [0.29, 0.717) is 0 Å². The second-order valence-corrected chi connectivity index (χ2v) is 9.61. The summed E-state index contributed by atoms with van der Waals surface area (Å²) in [6, 6.07) is 19.0. The van der Waals surface area contributed by atoms with E-state index in [2.05, 4.69) is 68.6 Å². The van der Waals surface area contributed by atoms with Gasteiger partial charge in [-0.05, 0) is 47.8 Å². The molecule has 3 nitrogen and oxygen atoms in total. The number of fused-ring (bicyclic) bond motifs is 6. The fourth-order valence-corrected chi connectivity index (χ4v) is 5.82. The van der Waals surface area contributed by atoms with E-state index in [9.17, 15) is 0 Å². The number of aromatic nitrogens is 3. The average Bonchev–Trinajstić information content (AvgIpc) is 2.93. The van der Waals surface area contributed by atoms with Gasteiger partial charge in [-0.2, -0.15) is 0 Å². The van der Waals surface area contributed by atoms with E-state index in [1.54, 1.807) is 0 Å². The fraction of sp³-hybridized carbons (Fsp3) is 0.296. The first kappa shape index (κ1) is 17.8. The molecule has 2 unspecified atom stereocenters. The van der Waals surface area contributed by atoms with Crippen molar-refractivity contribution in [1.82, 2.24) is 15.0 Å². The molecule has 0 N–H and O–H groups in total. The zero-order chi connectivity index (χ0) is 20.3. The molecule has 2 aromatic heterocycles. The van der Waals surface area contributed by atoms with Crippen LogP contribution in [0.15, 0.2) is 67.0 Å². The standard InChI is InChI=1S/C27H25N3/c1-26-11-6-12-27(2,17-26)24-22(26)16-29-25(30-24)20-10-5-9-19(13-20)23-14-18-7-3-4-8-21(18)15-28-23/h3-5,7-10,13-16H,6,11-12,17H2,1-2H3. The predicted molar refractivity (Wildman–Crippen MR) is 121 cm³/mol. The Labute approximate surface area is 177 Å². The lowest BCUT2D eigenvalue weighted by molar-refractivity contribution is 0.250. The summed E-state index contributed by atoms with van der Waals surface area (Å²) in [7, 11) is 0. The molecule has 2 aromatic carbocycles. The van der Waals surface area contributed by atoms with Crippen LogP contribution in [0, 0.1) is 0 Å². The molecule has 1 fully saturated rings. The van der Waals surface area contributed by atoms with Gasteiger partial charge in [0.15, 0.2) is 5.82 Å². The molecule has 6 rings (SSSR count). The molecule has 2 atom stereocenters. The monoisotopic (exact) mass is 391 g/mol. The largest absolute Gasteiger partial charge is 0.256 e. The van der Waals surface area contributed by atoms with Gasteiger partial charge in [-0.1, -0.05) is 62.7 Å². The van der Waals surface area contributed by atoms with Crippen LogP contribution in [0.25, 0.3) is 33.4 Å². The molecule has 4 aromatic rings. The Bertz CT molecular complexity index is 1290. The van der Waals surface area contributed by atoms with Crippen LogP contribution in [0.2, 0.25) is 0 Å². The summed E-state index contributed by atoms with van der Waals surface area (Å²) in [6.07, 6.45) is 9.02. The Balaban J connectivity index is 1.43.